The predicted octanol–water partition coefficient (Wildman–Crippen LogP) is 7.16. The van der Waals surface area contributed by atoms with E-state index in [0.29, 0.717) is 46.8 Å². The highest BCUT2D eigenvalue weighted by atomic mass is 19.4. The number of nitrogens with zero attached hydrogens (tertiary/aromatic N) is 4. The number of alkyl halides is 6. The Balaban J connectivity index is 1.58. The van der Waals surface area contributed by atoms with Crippen molar-refractivity contribution >= 4 is 34.7 Å². The van der Waals surface area contributed by atoms with Crippen molar-refractivity contribution in [2.45, 2.75) is 58.5 Å². The standard InChI is InChI=1S/C29H28F6N6O3/c1-6-15-9-17(10-18-14-36-25(38-24(15)18)39-26(43)44-27(2,3)4)21-13-22(40-41(21)5)37-23(42)12-16-11-19(28(30,31)32)7-8-20(16)29(33,34)35/h7-11,13-14H,6,12H2,1-5H3,(H,37,40,42)(H,36,38,39,43). The van der Waals surface area contributed by atoms with E-state index in [9.17, 15) is 35.9 Å². The number of aryl methyl sites for hydroxylation is 2. The number of ether oxygens (including phenoxy) is 1. The van der Waals surface area contributed by atoms with Gasteiger partial charge < -0.3 is 10.1 Å². The molecule has 0 atom stereocenters. The van der Waals surface area contributed by atoms with Gasteiger partial charge in [0.25, 0.3) is 0 Å². The Morgan fingerprint density at radius 2 is 1.64 bits per heavy atom. The molecule has 0 bridgehead atoms. The van der Waals surface area contributed by atoms with Gasteiger partial charge in [0.05, 0.1) is 28.8 Å². The fourth-order valence-electron chi connectivity index (χ4n) is 4.44. The van der Waals surface area contributed by atoms with Crippen LogP contribution in [0.4, 0.5) is 42.9 Å². The largest absolute Gasteiger partial charge is 0.444 e. The molecule has 0 aliphatic heterocycles. The van der Waals surface area contributed by atoms with Crippen LogP contribution in [0.1, 0.15) is 49.9 Å². The van der Waals surface area contributed by atoms with E-state index < -0.39 is 53.1 Å². The summed E-state index contributed by atoms with van der Waals surface area (Å²) in [6.07, 6.45) is -9.45. The molecule has 0 spiro atoms. The summed E-state index contributed by atoms with van der Waals surface area (Å²) >= 11 is 0. The summed E-state index contributed by atoms with van der Waals surface area (Å²) in [5, 5.41) is 9.70. The van der Waals surface area contributed by atoms with Crippen LogP contribution in [0.15, 0.2) is 42.6 Å². The van der Waals surface area contributed by atoms with Crippen molar-refractivity contribution in [3.8, 4) is 11.3 Å². The van der Waals surface area contributed by atoms with E-state index in [1.165, 1.54) is 16.9 Å². The van der Waals surface area contributed by atoms with Crippen LogP contribution in [0.25, 0.3) is 22.2 Å². The molecule has 0 radical (unpaired) electrons. The second-order valence-corrected chi connectivity index (χ2v) is 10.9. The summed E-state index contributed by atoms with van der Waals surface area (Å²) < 4.78 is 86.4. The SMILES string of the molecule is CCc1cc(-c2cc(NC(=O)Cc3cc(C(F)(F)F)ccc3C(F)(F)F)nn2C)cc2cnc(NC(=O)OC(C)(C)C)nc12. The maximum atomic E-state index is 13.4. The maximum absolute atomic E-state index is 13.4. The minimum absolute atomic E-state index is 0.0145. The summed E-state index contributed by atoms with van der Waals surface area (Å²) in [5.41, 5.74) is -1.62. The lowest BCUT2D eigenvalue weighted by Crippen LogP contribution is -2.27. The monoisotopic (exact) mass is 622 g/mol. The van der Waals surface area contributed by atoms with Crippen molar-refractivity contribution in [3.63, 3.8) is 0 Å². The molecular weight excluding hydrogens is 594 g/mol. The third kappa shape index (κ3) is 7.63. The number of halogens is 6. The quantitative estimate of drug-likeness (QED) is 0.221. The second kappa shape index (κ2) is 11.8. The van der Waals surface area contributed by atoms with Crippen LogP contribution in [0.5, 0.6) is 0 Å². The Morgan fingerprint density at radius 3 is 2.25 bits per heavy atom. The molecule has 0 aliphatic carbocycles. The van der Waals surface area contributed by atoms with Crippen molar-refractivity contribution in [1.82, 2.24) is 19.7 Å². The fraction of sp³-hybridized carbons (Fsp3) is 0.345. The van der Waals surface area contributed by atoms with Crippen LogP contribution < -0.4 is 10.6 Å². The number of nitrogens with one attached hydrogen (secondary N) is 2. The van der Waals surface area contributed by atoms with Crippen molar-refractivity contribution in [2.24, 2.45) is 7.05 Å². The molecule has 2 amide bonds. The molecule has 0 saturated heterocycles. The smallest absolute Gasteiger partial charge is 0.416 e. The van der Waals surface area contributed by atoms with Crippen LogP contribution in [-0.2, 0) is 41.8 Å². The van der Waals surface area contributed by atoms with Gasteiger partial charge in [0.1, 0.15) is 5.60 Å². The fourth-order valence-corrected chi connectivity index (χ4v) is 4.44. The van der Waals surface area contributed by atoms with Crippen LogP contribution >= 0.6 is 0 Å². The predicted molar refractivity (Wildman–Crippen MR) is 150 cm³/mol. The highest BCUT2D eigenvalue weighted by Gasteiger charge is 2.37. The van der Waals surface area contributed by atoms with E-state index in [-0.39, 0.29) is 11.8 Å². The number of benzene rings is 2. The van der Waals surface area contributed by atoms with Crippen LogP contribution in [-0.4, -0.2) is 37.3 Å². The van der Waals surface area contributed by atoms with Crippen LogP contribution in [0, 0.1) is 0 Å². The normalized spacial score (nSPS) is 12.3. The maximum Gasteiger partial charge on any atom is 0.416 e. The number of hydrogen-bond donors (Lipinski definition) is 2. The van der Waals surface area contributed by atoms with Gasteiger partial charge in [0.15, 0.2) is 5.82 Å². The van der Waals surface area contributed by atoms with Crippen molar-refractivity contribution in [1.29, 1.82) is 0 Å². The Morgan fingerprint density at radius 1 is 0.932 bits per heavy atom. The molecule has 2 aromatic heterocycles. The van der Waals surface area contributed by atoms with Gasteiger partial charge >= 0.3 is 18.4 Å². The molecule has 0 aliphatic rings. The first-order valence-corrected chi connectivity index (χ1v) is 13.3. The van der Waals surface area contributed by atoms with E-state index >= 15 is 0 Å². The summed E-state index contributed by atoms with van der Waals surface area (Å²) in [4.78, 5) is 33.5. The Bertz CT molecular complexity index is 1720. The molecule has 15 heteroatoms. The number of hydrogen-bond acceptors (Lipinski definition) is 6. The summed E-state index contributed by atoms with van der Waals surface area (Å²) in [6.45, 7) is 7.07. The molecular formula is C29H28F6N6O3. The summed E-state index contributed by atoms with van der Waals surface area (Å²) in [6, 6.07) is 6.03. The molecule has 234 valence electrons. The number of fused-ring (bicyclic) bond motifs is 1. The van der Waals surface area contributed by atoms with Gasteiger partial charge in [-0.2, -0.15) is 31.4 Å². The zero-order valence-electron chi connectivity index (χ0n) is 24.2. The molecule has 0 unspecified atom stereocenters. The molecule has 0 saturated carbocycles. The average molecular weight is 623 g/mol. The number of anilines is 2. The third-order valence-electron chi connectivity index (χ3n) is 6.29. The van der Waals surface area contributed by atoms with Crippen molar-refractivity contribution in [3.05, 3.63) is 64.8 Å². The Kier molecular flexibility index (Phi) is 8.62. The Labute approximate surface area is 247 Å². The molecule has 2 N–H and O–H groups in total. The first-order valence-electron chi connectivity index (χ1n) is 13.3. The zero-order valence-corrected chi connectivity index (χ0v) is 24.2. The van der Waals surface area contributed by atoms with Gasteiger partial charge in [-0.05, 0) is 68.7 Å². The summed E-state index contributed by atoms with van der Waals surface area (Å²) in [5.74, 6) is -0.945. The van der Waals surface area contributed by atoms with E-state index in [1.807, 2.05) is 13.0 Å². The molecule has 44 heavy (non-hydrogen) atoms. The lowest BCUT2D eigenvalue weighted by Gasteiger charge is -2.19. The second-order valence-electron chi connectivity index (χ2n) is 10.9. The highest BCUT2D eigenvalue weighted by molar-refractivity contribution is 5.93. The third-order valence-corrected chi connectivity index (χ3v) is 6.29. The first-order chi connectivity index (χ1) is 20.3. The number of amides is 2. The number of rotatable bonds is 6. The number of aromatic nitrogens is 4. The Hall–Kier alpha value is -4.69. The van der Waals surface area contributed by atoms with Gasteiger partial charge in [-0.25, -0.2) is 14.8 Å². The molecule has 2 heterocycles. The molecule has 9 nitrogen and oxygen atoms in total. The number of carbonyl (C=O) groups is 2. The van der Waals surface area contributed by atoms with E-state index in [0.717, 1.165) is 5.56 Å². The summed E-state index contributed by atoms with van der Waals surface area (Å²) in [7, 11) is 1.58. The van der Waals surface area contributed by atoms with E-state index in [4.69, 9.17) is 4.74 Å². The van der Waals surface area contributed by atoms with Crippen molar-refractivity contribution in [2.75, 3.05) is 10.6 Å². The van der Waals surface area contributed by atoms with Gasteiger partial charge in [0.2, 0.25) is 11.9 Å². The van der Waals surface area contributed by atoms with Crippen molar-refractivity contribution < 1.29 is 40.7 Å². The van der Waals surface area contributed by atoms with Gasteiger partial charge in [-0.15, -0.1) is 0 Å². The topological polar surface area (TPSA) is 111 Å². The zero-order chi connectivity index (χ0) is 32.6. The minimum atomic E-state index is -4.96. The molecule has 4 aromatic rings. The first kappa shape index (κ1) is 32.2. The van der Waals surface area contributed by atoms with Crippen LogP contribution in [0.3, 0.4) is 0 Å². The molecule has 0 fully saturated rings. The van der Waals surface area contributed by atoms with E-state index in [1.54, 1.807) is 33.9 Å². The van der Waals surface area contributed by atoms with E-state index in [2.05, 4.69) is 25.7 Å². The average Bonchev–Trinajstić information content (AvgIpc) is 3.25. The minimum Gasteiger partial charge on any atom is -0.444 e. The highest BCUT2D eigenvalue weighted by Crippen LogP contribution is 2.37. The van der Waals surface area contributed by atoms with Crippen LogP contribution in [0.2, 0.25) is 0 Å². The molecule has 4 rings (SSSR count). The number of carbonyl (C=O) groups excluding carboxylic acids is 2. The lowest BCUT2D eigenvalue weighted by atomic mass is 10.00. The lowest BCUT2D eigenvalue weighted by molar-refractivity contribution is -0.142. The molecule has 2 aromatic carbocycles. The van der Waals surface area contributed by atoms with Gasteiger partial charge in [-0.1, -0.05) is 6.92 Å². The van der Waals surface area contributed by atoms with Gasteiger partial charge in [-0.3, -0.25) is 14.8 Å². The van der Waals surface area contributed by atoms with Gasteiger partial charge in [0, 0.05) is 30.3 Å².